The van der Waals surface area contributed by atoms with Crippen molar-refractivity contribution in [3.05, 3.63) is 35.9 Å². The van der Waals surface area contributed by atoms with E-state index in [1.807, 2.05) is 0 Å². The van der Waals surface area contributed by atoms with E-state index in [0.717, 1.165) is 45.3 Å². The van der Waals surface area contributed by atoms with E-state index >= 15 is 0 Å². The summed E-state index contributed by atoms with van der Waals surface area (Å²) < 4.78 is 0. The zero-order valence-electron chi connectivity index (χ0n) is 13.5. The van der Waals surface area contributed by atoms with Crippen molar-refractivity contribution in [3.8, 4) is 0 Å². The summed E-state index contributed by atoms with van der Waals surface area (Å²) in [6, 6.07) is 10.6. The highest BCUT2D eigenvalue weighted by Crippen LogP contribution is 2.23. The molecule has 1 N–H and O–H groups in total. The molecule has 0 saturated carbocycles. The van der Waals surface area contributed by atoms with Crippen LogP contribution >= 0.6 is 11.6 Å². The minimum absolute atomic E-state index is 0.0504. The number of nitrogens with zero attached hydrogens (tertiary/aromatic N) is 1. The number of hydrogen-bond acceptors (Lipinski definition) is 2. The van der Waals surface area contributed by atoms with E-state index in [2.05, 4.69) is 47.5 Å². The number of piperidine rings is 1. The molecule has 1 amide bonds. The fraction of sp³-hybridized carbons (Fsp3) is 0.611. The summed E-state index contributed by atoms with van der Waals surface area (Å²) in [5.74, 6) is 0.808. The number of hydrogen-bond donors (Lipinski definition) is 1. The zero-order chi connectivity index (χ0) is 15.8. The quantitative estimate of drug-likeness (QED) is 0.615. The van der Waals surface area contributed by atoms with Crippen LogP contribution < -0.4 is 5.32 Å². The van der Waals surface area contributed by atoms with Gasteiger partial charge >= 0.3 is 0 Å². The third-order valence-corrected chi connectivity index (χ3v) is 4.70. The average molecular weight is 323 g/mol. The second kappa shape index (κ2) is 8.54. The Balaban J connectivity index is 1.74. The first kappa shape index (κ1) is 17.3. The van der Waals surface area contributed by atoms with Gasteiger partial charge in [0.15, 0.2) is 0 Å². The number of rotatable bonds is 7. The van der Waals surface area contributed by atoms with E-state index < -0.39 is 0 Å². The number of carbonyl (C=O) groups excluding carboxylic acids is 1. The number of benzene rings is 1. The first-order valence-electron chi connectivity index (χ1n) is 8.24. The Morgan fingerprint density at radius 3 is 2.55 bits per heavy atom. The van der Waals surface area contributed by atoms with Crippen LogP contribution in [0.5, 0.6) is 0 Å². The molecule has 0 spiro atoms. The largest absolute Gasteiger partial charge is 0.351 e. The third kappa shape index (κ3) is 5.62. The molecule has 1 aliphatic rings. The van der Waals surface area contributed by atoms with Crippen molar-refractivity contribution in [1.82, 2.24) is 10.2 Å². The Labute approximate surface area is 139 Å². The highest BCUT2D eigenvalue weighted by Gasteiger charge is 2.31. The van der Waals surface area contributed by atoms with Crippen molar-refractivity contribution in [2.24, 2.45) is 0 Å². The molecule has 0 aliphatic carbocycles. The molecule has 1 aromatic carbocycles. The fourth-order valence-corrected chi connectivity index (χ4v) is 3.14. The first-order valence-corrected chi connectivity index (χ1v) is 8.78. The number of nitrogens with one attached hydrogen (secondary N) is 1. The number of unbranched alkanes of at least 4 members (excludes halogenated alkanes) is 1. The molecule has 2 rings (SSSR count). The fourth-order valence-electron chi connectivity index (χ4n) is 2.95. The van der Waals surface area contributed by atoms with Gasteiger partial charge in [-0.05, 0) is 38.2 Å². The topological polar surface area (TPSA) is 32.3 Å². The van der Waals surface area contributed by atoms with Gasteiger partial charge in [0.25, 0.3) is 0 Å². The second-order valence-corrected chi connectivity index (χ2v) is 6.89. The van der Waals surface area contributed by atoms with Crippen LogP contribution in [0, 0.1) is 0 Å². The summed E-state index contributed by atoms with van der Waals surface area (Å²) in [5.41, 5.74) is 1.31. The van der Waals surface area contributed by atoms with Crippen LogP contribution in [0.2, 0.25) is 0 Å². The summed E-state index contributed by atoms with van der Waals surface area (Å²) in [5, 5.41) is 3.23. The van der Waals surface area contributed by atoms with Crippen LogP contribution in [0.15, 0.2) is 30.3 Å². The van der Waals surface area contributed by atoms with Crippen LogP contribution in [-0.2, 0) is 11.3 Å². The van der Waals surface area contributed by atoms with Crippen molar-refractivity contribution in [2.75, 3.05) is 19.0 Å². The monoisotopic (exact) mass is 322 g/mol. The molecule has 1 aliphatic heterocycles. The van der Waals surface area contributed by atoms with Crippen LogP contribution in [-0.4, -0.2) is 35.3 Å². The van der Waals surface area contributed by atoms with Crippen molar-refractivity contribution < 1.29 is 4.79 Å². The molecule has 1 heterocycles. The predicted octanol–water partition coefficient (Wildman–Crippen LogP) is 3.57. The number of likely N-dealkylation sites (tertiary alicyclic amines) is 1. The van der Waals surface area contributed by atoms with Gasteiger partial charge in [0.1, 0.15) is 0 Å². The Hall–Kier alpha value is -1.06. The van der Waals surface area contributed by atoms with Gasteiger partial charge in [-0.25, -0.2) is 0 Å². The third-order valence-electron chi connectivity index (χ3n) is 4.44. The Morgan fingerprint density at radius 2 is 1.91 bits per heavy atom. The van der Waals surface area contributed by atoms with Crippen molar-refractivity contribution in [2.45, 2.75) is 51.1 Å². The van der Waals surface area contributed by atoms with Gasteiger partial charge < -0.3 is 5.32 Å². The normalized spacial score (nSPS) is 18.1. The lowest BCUT2D eigenvalue weighted by Gasteiger charge is -2.40. The smallest absolute Gasteiger partial charge is 0.220 e. The van der Waals surface area contributed by atoms with Gasteiger partial charge in [-0.2, -0.15) is 0 Å². The summed E-state index contributed by atoms with van der Waals surface area (Å²) in [6.07, 6.45) is 4.42. The number of carbonyl (C=O) groups is 1. The molecule has 4 heteroatoms. The zero-order valence-corrected chi connectivity index (χ0v) is 14.2. The van der Waals surface area contributed by atoms with Crippen LogP contribution in [0.3, 0.4) is 0 Å². The van der Waals surface area contributed by atoms with E-state index in [4.69, 9.17) is 11.6 Å². The lowest BCUT2D eigenvalue weighted by Crippen LogP contribution is -2.53. The summed E-state index contributed by atoms with van der Waals surface area (Å²) in [7, 11) is 0. The predicted molar refractivity (Wildman–Crippen MR) is 92.1 cm³/mol. The molecule has 0 bridgehead atoms. The lowest BCUT2D eigenvalue weighted by molar-refractivity contribution is -0.123. The van der Waals surface area contributed by atoms with Crippen molar-refractivity contribution in [3.63, 3.8) is 0 Å². The van der Waals surface area contributed by atoms with Crippen LogP contribution in [0.25, 0.3) is 0 Å². The molecule has 0 atom stereocenters. The van der Waals surface area contributed by atoms with E-state index in [9.17, 15) is 4.79 Å². The molecule has 22 heavy (non-hydrogen) atoms. The van der Waals surface area contributed by atoms with Gasteiger partial charge in [0.2, 0.25) is 5.91 Å². The molecule has 1 saturated heterocycles. The molecular weight excluding hydrogens is 296 g/mol. The SMILES string of the molecule is CC1(NC(=O)CCCCCl)CCN(Cc2ccccc2)CC1. The molecule has 0 unspecified atom stereocenters. The summed E-state index contributed by atoms with van der Waals surface area (Å²) in [4.78, 5) is 14.5. The van der Waals surface area contributed by atoms with E-state index in [-0.39, 0.29) is 11.4 Å². The molecule has 3 nitrogen and oxygen atoms in total. The lowest BCUT2D eigenvalue weighted by atomic mass is 9.89. The van der Waals surface area contributed by atoms with Crippen LogP contribution in [0.1, 0.15) is 44.6 Å². The standard InChI is InChI=1S/C18H27ClN2O/c1-18(20-17(22)9-5-6-12-19)10-13-21(14-11-18)15-16-7-3-2-4-8-16/h2-4,7-8H,5-6,9-15H2,1H3,(H,20,22). The molecule has 1 fully saturated rings. The Kier molecular flexibility index (Phi) is 6.71. The number of halogens is 1. The minimum atomic E-state index is -0.0504. The summed E-state index contributed by atoms with van der Waals surface area (Å²) in [6.45, 7) is 5.24. The van der Waals surface area contributed by atoms with Crippen molar-refractivity contribution >= 4 is 17.5 Å². The van der Waals surface area contributed by atoms with Gasteiger partial charge in [0.05, 0.1) is 0 Å². The maximum absolute atomic E-state index is 12.0. The number of alkyl halides is 1. The van der Waals surface area contributed by atoms with E-state index in [1.54, 1.807) is 0 Å². The Bertz CT molecular complexity index is 455. The Morgan fingerprint density at radius 1 is 1.23 bits per heavy atom. The molecule has 122 valence electrons. The number of amides is 1. The highest BCUT2D eigenvalue weighted by atomic mass is 35.5. The maximum atomic E-state index is 12.0. The van der Waals surface area contributed by atoms with Crippen molar-refractivity contribution in [1.29, 1.82) is 0 Å². The molecule has 0 aromatic heterocycles. The van der Waals surface area contributed by atoms with Gasteiger partial charge in [-0.1, -0.05) is 30.3 Å². The van der Waals surface area contributed by atoms with Crippen LogP contribution in [0.4, 0.5) is 0 Å². The molecule has 1 aromatic rings. The van der Waals surface area contributed by atoms with Gasteiger partial charge in [0, 0.05) is 37.5 Å². The van der Waals surface area contributed by atoms with Gasteiger partial charge in [-0.15, -0.1) is 11.6 Å². The van der Waals surface area contributed by atoms with E-state index in [1.165, 1.54) is 5.56 Å². The maximum Gasteiger partial charge on any atom is 0.220 e. The minimum Gasteiger partial charge on any atom is -0.351 e. The highest BCUT2D eigenvalue weighted by molar-refractivity contribution is 6.17. The average Bonchev–Trinajstić information content (AvgIpc) is 2.51. The second-order valence-electron chi connectivity index (χ2n) is 6.52. The summed E-state index contributed by atoms with van der Waals surface area (Å²) >= 11 is 5.65. The molecular formula is C18H27ClN2O. The first-order chi connectivity index (χ1) is 10.6. The van der Waals surface area contributed by atoms with Gasteiger partial charge in [-0.3, -0.25) is 9.69 Å². The van der Waals surface area contributed by atoms with E-state index in [0.29, 0.717) is 12.3 Å². The molecule has 0 radical (unpaired) electrons.